The van der Waals surface area contributed by atoms with Gasteiger partial charge in [0.05, 0.1) is 5.92 Å². The Balaban J connectivity index is 2.07. The molecule has 144 valence electrons. The zero-order chi connectivity index (χ0) is 18.7. The van der Waals surface area contributed by atoms with Crippen LogP contribution < -0.4 is 0 Å². The van der Waals surface area contributed by atoms with Crippen molar-refractivity contribution in [3.05, 3.63) is 11.8 Å². The van der Waals surface area contributed by atoms with Crippen molar-refractivity contribution >= 4 is 16.0 Å². The van der Waals surface area contributed by atoms with E-state index in [-0.39, 0.29) is 24.1 Å². The molecule has 0 aromatic heterocycles. The Hall–Kier alpha value is -1.25. The average molecular weight is 383 g/mol. The van der Waals surface area contributed by atoms with E-state index in [9.17, 15) is 26.4 Å². The SMILES string of the molecule is CCCCC1CCCN1C(=O)C1C=C(OS(=O)(=O)C(F)(F)F)CCC1. The molecular formula is C16H24F3NO4S. The Morgan fingerprint density at radius 2 is 2.04 bits per heavy atom. The van der Waals surface area contributed by atoms with Gasteiger partial charge in [0.2, 0.25) is 5.91 Å². The largest absolute Gasteiger partial charge is 0.534 e. The van der Waals surface area contributed by atoms with E-state index in [1.165, 1.54) is 6.08 Å². The summed E-state index contributed by atoms with van der Waals surface area (Å²) in [5.74, 6) is -1.04. The molecule has 1 aliphatic carbocycles. The van der Waals surface area contributed by atoms with Gasteiger partial charge >= 0.3 is 15.6 Å². The van der Waals surface area contributed by atoms with Crippen molar-refractivity contribution < 1.29 is 30.6 Å². The number of nitrogens with zero attached hydrogens (tertiary/aromatic N) is 1. The zero-order valence-electron chi connectivity index (χ0n) is 14.2. The summed E-state index contributed by atoms with van der Waals surface area (Å²) in [7, 11) is -5.68. The van der Waals surface area contributed by atoms with Crippen molar-refractivity contribution in [1.29, 1.82) is 0 Å². The summed E-state index contributed by atoms with van der Waals surface area (Å²) < 4.78 is 63.8. The second-order valence-electron chi connectivity index (χ2n) is 6.58. The van der Waals surface area contributed by atoms with Crippen LogP contribution in [-0.2, 0) is 19.1 Å². The molecule has 2 atom stereocenters. The number of amides is 1. The van der Waals surface area contributed by atoms with Crippen molar-refractivity contribution in [2.24, 2.45) is 5.92 Å². The highest BCUT2D eigenvalue weighted by atomic mass is 32.2. The minimum absolute atomic E-state index is 0.0817. The van der Waals surface area contributed by atoms with Gasteiger partial charge in [0, 0.05) is 19.0 Å². The van der Waals surface area contributed by atoms with Crippen LogP contribution in [-0.4, -0.2) is 37.3 Å². The molecule has 1 saturated heterocycles. The van der Waals surface area contributed by atoms with Gasteiger partial charge < -0.3 is 9.08 Å². The summed E-state index contributed by atoms with van der Waals surface area (Å²) in [6.45, 7) is 2.73. The molecule has 0 bridgehead atoms. The first-order valence-corrected chi connectivity index (χ1v) is 10.1. The fourth-order valence-electron chi connectivity index (χ4n) is 3.42. The van der Waals surface area contributed by atoms with Gasteiger partial charge in [0.1, 0.15) is 5.76 Å². The van der Waals surface area contributed by atoms with Crippen LogP contribution >= 0.6 is 0 Å². The number of allylic oxidation sites excluding steroid dienone is 1. The van der Waals surface area contributed by atoms with E-state index in [1.807, 2.05) is 0 Å². The number of carbonyl (C=O) groups is 1. The molecule has 2 unspecified atom stereocenters. The number of likely N-dealkylation sites (tertiary alicyclic amines) is 1. The van der Waals surface area contributed by atoms with Crippen LogP contribution in [0, 0.1) is 5.92 Å². The summed E-state index contributed by atoms with van der Waals surface area (Å²) in [6, 6.07) is 0.172. The normalized spacial score (nSPS) is 25.0. The Morgan fingerprint density at radius 3 is 2.68 bits per heavy atom. The van der Waals surface area contributed by atoms with Gasteiger partial charge in [0.15, 0.2) is 0 Å². The van der Waals surface area contributed by atoms with Gasteiger partial charge in [0.25, 0.3) is 0 Å². The van der Waals surface area contributed by atoms with Gasteiger partial charge in [-0.3, -0.25) is 4.79 Å². The van der Waals surface area contributed by atoms with E-state index < -0.39 is 21.5 Å². The minimum atomic E-state index is -5.68. The third-order valence-corrected chi connectivity index (χ3v) is 5.69. The molecule has 5 nitrogen and oxygen atoms in total. The molecular weight excluding hydrogens is 359 g/mol. The molecule has 0 aromatic carbocycles. The van der Waals surface area contributed by atoms with E-state index in [4.69, 9.17) is 0 Å². The number of hydrogen-bond donors (Lipinski definition) is 0. The fourth-order valence-corrected chi connectivity index (χ4v) is 3.93. The molecule has 0 N–H and O–H groups in total. The van der Waals surface area contributed by atoms with Gasteiger partial charge in [-0.2, -0.15) is 21.6 Å². The number of unbranched alkanes of at least 4 members (excludes halogenated alkanes) is 1. The van der Waals surface area contributed by atoms with Crippen LogP contribution in [0.3, 0.4) is 0 Å². The molecule has 2 rings (SSSR count). The topological polar surface area (TPSA) is 63.7 Å². The molecule has 0 spiro atoms. The van der Waals surface area contributed by atoms with E-state index in [1.54, 1.807) is 4.90 Å². The average Bonchev–Trinajstić information content (AvgIpc) is 2.99. The number of halogens is 3. The maximum absolute atomic E-state index is 12.7. The highest BCUT2D eigenvalue weighted by Gasteiger charge is 2.49. The van der Waals surface area contributed by atoms with Crippen molar-refractivity contribution in [3.63, 3.8) is 0 Å². The quantitative estimate of drug-likeness (QED) is 0.518. The first-order chi connectivity index (χ1) is 11.7. The lowest BCUT2D eigenvalue weighted by Crippen LogP contribution is -2.40. The van der Waals surface area contributed by atoms with Gasteiger partial charge in [-0.25, -0.2) is 0 Å². The maximum Gasteiger partial charge on any atom is 0.534 e. The Labute approximate surface area is 146 Å². The van der Waals surface area contributed by atoms with Crippen molar-refractivity contribution in [2.75, 3.05) is 6.54 Å². The summed E-state index contributed by atoms with van der Waals surface area (Å²) in [6.07, 6.45) is 7.09. The molecule has 25 heavy (non-hydrogen) atoms. The first kappa shape index (κ1) is 20.1. The number of hydrogen-bond acceptors (Lipinski definition) is 4. The van der Waals surface area contributed by atoms with Crippen molar-refractivity contribution in [2.45, 2.75) is 69.8 Å². The maximum atomic E-state index is 12.7. The highest BCUT2D eigenvalue weighted by molar-refractivity contribution is 7.87. The van der Waals surface area contributed by atoms with Gasteiger partial charge in [-0.1, -0.05) is 19.8 Å². The van der Waals surface area contributed by atoms with E-state index >= 15 is 0 Å². The Kier molecular flexibility index (Phi) is 6.40. The van der Waals surface area contributed by atoms with Gasteiger partial charge in [-0.05, 0) is 38.2 Å². The number of rotatable bonds is 6. The Bertz CT molecular complexity index is 615. The molecule has 0 saturated carbocycles. The second kappa shape index (κ2) is 7.97. The summed E-state index contributed by atoms with van der Waals surface area (Å²) >= 11 is 0. The molecule has 1 fully saturated rings. The Morgan fingerprint density at radius 1 is 1.32 bits per heavy atom. The third-order valence-electron chi connectivity index (χ3n) is 4.69. The fraction of sp³-hybridized carbons (Fsp3) is 0.812. The van der Waals surface area contributed by atoms with Crippen molar-refractivity contribution in [1.82, 2.24) is 4.90 Å². The molecule has 1 amide bonds. The first-order valence-electron chi connectivity index (χ1n) is 8.67. The van der Waals surface area contributed by atoms with Gasteiger partial charge in [-0.15, -0.1) is 0 Å². The predicted molar refractivity (Wildman–Crippen MR) is 85.7 cm³/mol. The molecule has 9 heteroatoms. The molecule has 0 aromatic rings. The number of carbonyl (C=O) groups excluding carboxylic acids is 1. The van der Waals surface area contributed by atoms with Crippen LogP contribution in [0.25, 0.3) is 0 Å². The standard InChI is InChI=1S/C16H24F3NO4S/c1-2-3-7-13-8-5-10-20(13)15(21)12-6-4-9-14(11-12)24-25(22,23)16(17,18)19/h11-13H,2-10H2,1H3. The van der Waals surface area contributed by atoms with Crippen LogP contribution in [0.4, 0.5) is 13.2 Å². The van der Waals surface area contributed by atoms with Crippen LogP contribution in [0.2, 0.25) is 0 Å². The van der Waals surface area contributed by atoms with E-state index in [0.29, 0.717) is 19.4 Å². The number of alkyl halides is 3. The predicted octanol–water partition coefficient (Wildman–Crippen LogP) is 3.72. The smallest absolute Gasteiger partial charge is 0.381 e. The zero-order valence-corrected chi connectivity index (χ0v) is 15.0. The molecule has 1 aliphatic heterocycles. The van der Waals surface area contributed by atoms with Crippen LogP contribution in [0.5, 0.6) is 0 Å². The lowest BCUT2D eigenvalue weighted by Gasteiger charge is -2.29. The van der Waals surface area contributed by atoms with E-state index in [0.717, 1.165) is 32.1 Å². The van der Waals surface area contributed by atoms with Crippen LogP contribution in [0.15, 0.2) is 11.8 Å². The lowest BCUT2D eigenvalue weighted by atomic mass is 9.93. The third kappa shape index (κ3) is 4.89. The highest BCUT2D eigenvalue weighted by Crippen LogP contribution is 2.33. The molecule has 0 radical (unpaired) electrons. The minimum Gasteiger partial charge on any atom is -0.381 e. The summed E-state index contributed by atoms with van der Waals surface area (Å²) in [5, 5.41) is 0. The second-order valence-corrected chi connectivity index (χ2v) is 8.12. The van der Waals surface area contributed by atoms with Crippen LogP contribution in [0.1, 0.15) is 58.3 Å². The van der Waals surface area contributed by atoms with E-state index in [2.05, 4.69) is 11.1 Å². The van der Waals surface area contributed by atoms with Crippen molar-refractivity contribution in [3.8, 4) is 0 Å². The summed E-state index contributed by atoms with van der Waals surface area (Å²) in [4.78, 5) is 14.5. The summed E-state index contributed by atoms with van der Waals surface area (Å²) in [5.41, 5.74) is -5.47. The molecule has 2 aliphatic rings. The molecule has 1 heterocycles. The lowest BCUT2D eigenvalue weighted by molar-refractivity contribution is -0.135. The monoisotopic (exact) mass is 383 g/mol.